The van der Waals surface area contributed by atoms with Crippen molar-refractivity contribution in [3.05, 3.63) is 82.8 Å². The van der Waals surface area contributed by atoms with Gasteiger partial charge in [0.15, 0.2) is 0 Å². The summed E-state index contributed by atoms with van der Waals surface area (Å²) in [5.74, 6) is -0.956. The first-order chi connectivity index (χ1) is 16.6. The van der Waals surface area contributed by atoms with Crippen LogP contribution in [0.5, 0.6) is 0 Å². The zero-order valence-electron chi connectivity index (χ0n) is 18.9. The molecule has 1 aliphatic rings. The minimum Gasteiger partial charge on any atom is -0.351 e. The highest BCUT2D eigenvalue weighted by Gasteiger charge is 2.34. The number of benzene rings is 1. The third-order valence-electron chi connectivity index (χ3n) is 5.91. The van der Waals surface area contributed by atoms with Crippen LogP contribution in [0.3, 0.4) is 0 Å². The van der Waals surface area contributed by atoms with Gasteiger partial charge in [0, 0.05) is 12.2 Å². The number of pyridine rings is 1. The van der Waals surface area contributed by atoms with Gasteiger partial charge in [-0.3, -0.25) is 24.3 Å². The number of carbonyl (C=O) groups is 3. The van der Waals surface area contributed by atoms with Crippen LogP contribution in [0.1, 0.15) is 53.4 Å². The maximum absolute atomic E-state index is 13.6. The summed E-state index contributed by atoms with van der Waals surface area (Å²) in [6.07, 6.45) is 8.39. The van der Waals surface area contributed by atoms with E-state index in [9.17, 15) is 14.4 Å². The van der Waals surface area contributed by atoms with Crippen LogP contribution in [0.2, 0.25) is 0 Å². The van der Waals surface area contributed by atoms with Crippen molar-refractivity contribution in [1.82, 2.24) is 15.6 Å². The Kier molecular flexibility index (Phi) is 8.04. The number of hydrogen-bond acceptors (Lipinski definition) is 5. The van der Waals surface area contributed by atoms with E-state index < -0.39 is 11.9 Å². The van der Waals surface area contributed by atoms with E-state index >= 15 is 0 Å². The van der Waals surface area contributed by atoms with Crippen molar-refractivity contribution in [3.8, 4) is 0 Å². The smallest absolute Gasteiger partial charge is 0.261 e. The monoisotopic (exact) mass is 476 g/mol. The summed E-state index contributed by atoms with van der Waals surface area (Å²) in [5, 5.41) is 7.67. The fourth-order valence-corrected chi connectivity index (χ4v) is 4.89. The van der Waals surface area contributed by atoms with Crippen LogP contribution in [-0.2, 0) is 9.59 Å². The zero-order chi connectivity index (χ0) is 23.8. The predicted molar refractivity (Wildman–Crippen MR) is 133 cm³/mol. The van der Waals surface area contributed by atoms with E-state index in [1.165, 1.54) is 22.7 Å². The van der Waals surface area contributed by atoms with Crippen LogP contribution in [0.25, 0.3) is 0 Å². The second-order valence-corrected chi connectivity index (χ2v) is 9.24. The third-order valence-corrected chi connectivity index (χ3v) is 6.78. The number of amides is 3. The lowest BCUT2D eigenvalue weighted by Gasteiger charge is -2.33. The summed E-state index contributed by atoms with van der Waals surface area (Å²) in [5.41, 5.74) is 1.18. The highest BCUT2D eigenvalue weighted by molar-refractivity contribution is 7.12. The lowest BCUT2D eigenvalue weighted by Crippen LogP contribution is -2.49. The van der Waals surface area contributed by atoms with E-state index in [1.54, 1.807) is 42.0 Å². The number of nitrogens with one attached hydrogen (secondary N) is 2. The number of hydrogen-bond donors (Lipinski definition) is 2. The molecule has 4 rings (SSSR count). The molecule has 0 bridgehead atoms. The molecule has 176 valence electrons. The van der Waals surface area contributed by atoms with Crippen LogP contribution in [0, 0.1) is 0 Å². The first-order valence-electron chi connectivity index (χ1n) is 11.5. The molecule has 3 amide bonds. The van der Waals surface area contributed by atoms with Crippen molar-refractivity contribution in [1.29, 1.82) is 0 Å². The molecule has 0 aliphatic heterocycles. The Morgan fingerprint density at radius 3 is 2.47 bits per heavy atom. The van der Waals surface area contributed by atoms with Gasteiger partial charge in [0.25, 0.3) is 5.91 Å². The van der Waals surface area contributed by atoms with E-state index in [2.05, 4.69) is 15.6 Å². The lowest BCUT2D eigenvalue weighted by atomic mass is 9.94. The van der Waals surface area contributed by atoms with Crippen LogP contribution < -0.4 is 15.5 Å². The van der Waals surface area contributed by atoms with Crippen LogP contribution in [-0.4, -0.2) is 35.3 Å². The van der Waals surface area contributed by atoms with Crippen LogP contribution >= 0.6 is 11.3 Å². The molecule has 3 aromatic rings. The molecule has 0 unspecified atom stereocenters. The second kappa shape index (κ2) is 11.6. The molecule has 8 heteroatoms. The van der Waals surface area contributed by atoms with Gasteiger partial charge in [-0.2, -0.15) is 0 Å². The van der Waals surface area contributed by atoms with Gasteiger partial charge in [-0.05, 0) is 42.0 Å². The van der Waals surface area contributed by atoms with E-state index in [1.807, 2.05) is 30.3 Å². The molecule has 1 fully saturated rings. The minimum absolute atomic E-state index is 0.0943. The minimum atomic E-state index is -0.890. The Hall–Kier alpha value is -3.52. The summed E-state index contributed by atoms with van der Waals surface area (Å²) in [6, 6.07) is 15.4. The average Bonchev–Trinajstić information content (AvgIpc) is 3.42. The fourth-order valence-electron chi connectivity index (χ4n) is 4.25. The topological polar surface area (TPSA) is 91.4 Å². The highest BCUT2D eigenvalue weighted by atomic mass is 32.1. The van der Waals surface area contributed by atoms with Gasteiger partial charge < -0.3 is 10.6 Å². The summed E-state index contributed by atoms with van der Waals surface area (Å²) in [7, 11) is 0. The molecule has 0 spiro atoms. The maximum Gasteiger partial charge on any atom is 0.261 e. The van der Waals surface area contributed by atoms with Crippen molar-refractivity contribution in [2.45, 2.75) is 44.2 Å². The molecule has 0 saturated heterocycles. The van der Waals surface area contributed by atoms with E-state index in [0.717, 1.165) is 25.7 Å². The quantitative estimate of drug-likeness (QED) is 0.512. The normalized spacial score (nSPS) is 14.7. The number of rotatable bonds is 8. The third kappa shape index (κ3) is 5.88. The number of aromatic nitrogens is 1. The fraction of sp³-hybridized carbons (Fsp3) is 0.308. The number of anilines is 1. The van der Waals surface area contributed by atoms with Gasteiger partial charge in [-0.15, -0.1) is 11.3 Å². The Bertz CT molecular complexity index is 1080. The summed E-state index contributed by atoms with van der Waals surface area (Å²) in [6.45, 7) is -0.244. The zero-order valence-corrected chi connectivity index (χ0v) is 19.7. The highest BCUT2D eigenvalue weighted by Crippen LogP contribution is 2.28. The van der Waals surface area contributed by atoms with Gasteiger partial charge >= 0.3 is 0 Å². The SMILES string of the molecule is O=C(NCC(=O)N(c1cccnc1)[C@@H](C(=O)NC1CCCCC1)c1ccccc1)c1cccs1. The molecule has 2 N–H and O–H groups in total. The van der Waals surface area contributed by atoms with E-state index in [4.69, 9.17) is 0 Å². The molecular weight excluding hydrogens is 448 g/mol. The van der Waals surface area contributed by atoms with Crippen molar-refractivity contribution in [2.75, 3.05) is 11.4 Å². The molecular formula is C26H28N4O3S. The van der Waals surface area contributed by atoms with Crippen LogP contribution in [0.4, 0.5) is 5.69 Å². The average molecular weight is 477 g/mol. The molecule has 0 radical (unpaired) electrons. The van der Waals surface area contributed by atoms with Gasteiger partial charge in [0.1, 0.15) is 6.04 Å². The lowest BCUT2D eigenvalue weighted by molar-refractivity contribution is -0.127. The molecule has 34 heavy (non-hydrogen) atoms. The standard InChI is InChI=1S/C26H28N4O3S/c31-23(18-28-25(32)22-14-8-16-34-22)30(21-13-7-15-27-17-21)24(19-9-3-1-4-10-19)26(33)29-20-11-5-2-6-12-20/h1,3-4,7-10,13-17,20,24H,2,5-6,11-12,18H2,(H,28,32)(H,29,33)/t24-/m1/s1. The molecule has 1 saturated carbocycles. The first-order valence-corrected chi connectivity index (χ1v) is 12.4. The molecule has 7 nitrogen and oxygen atoms in total. The van der Waals surface area contributed by atoms with Gasteiger partial charge in [-0.25, -0.2) is 0 Å². The molecule has 2 aromatic heterocycles. The summed E-state index contributed by atoms with van der Waals surface area (Å²) < 4.78 is 0. The summed E-state index contributed by atoms with van der Waals surface area (Å²) >= 11 is 1.30. The van der Waals surface area contributed by atoms with E-state index in [-0.39, 0.29) is 24.4 Å². The Labute approximate surface area is 203 Å². The number of nitrogens with zero attached hydrogens (tertiary/aromatic N) is 2. The van der Waals surface area contributed by atoms with Crippen molar-refractivity contribution >= 4 is 34.7 Å². The van der Waals surface area contributed by atoms with Gasteiger partial charge in [0.05, 0.1) is 23.3 Å². The van der Waals surface area contributed by atoms with Gasteiger partial charge in [0.2, 0.25) is 11.8 Å². The predicted octanol–water partition coefficient (Wildman–Crippen LogP) is 4.10. The maximum atomic E-state index is 13.6. The Balaban J connectivity index is 1.63. The first kappa shape index (κ1) is 23.6. The molecule has 1 aromatic carbocycles. The largest absolute Gasteiger partial charge is 0.351 e. The number of thiophene rings is 1. The summed E-state index contributed by atoms with van der Waals surface area (Å²) in [4.78, 5) is 45.8. The van der Waals surface area contributed by atoms with E-state index in [0.29, 0.717) is 16.1 Å². The Morgan fingerprint density at radius 1 is 1.00 bits per heavy atom. The van der Waals surface area contributed by atoms with Crippen LogP contribution in [0.15, 0.2) is 72.4 Å². The van der Waals surface area contributed by atoms with Gasteiger partial charge in [-0.1, -0.05) is 55.7 Å². The molecule has 2 heterocycles. The van der Waals surface area contributed by atoms with Crippen molar-refractivity contribution in [2.24, 2.45) is 0 Å². The van der Waals surface area contributed by atoms with Crippen molar-refractivity contribution in [3.63, 3.8) is 0 Å². The molecule has 1 atom stereocenters. The second-order valence-electron chi connectivity index (χ2n) is 8.29. The Morgan fingerprint density at radius 2 is 1.79 bits per heavy atom. The number of carbonyl (C=O) groups excluding carboxylic acids is 3. The molecule has 1 aliphatic carbocycles. The van der Waals surface area contributed by atoms with Crippen molar-refractivity contribution < 1.29 is 14.4 Å².